The largest absolute Gasteiger partial charge is 0.358 e. The maximum Gasteiger partial charge on any atom is 0.239 e. The van der Waals surface area contributed by atoms with Gasteiger partial charge in [-0.1, -0.05) is 18.2 Å². The van der Waals surface area contributed by atoms with Crippen molar-refractivity contribution in [2.75, 3.05) is 11.4 Å². The van der Waals surface area contributed by atoms with Gasteiger partial charge in [0.05, 0.1) is 6.54 Å². The highest BCUT2D eigenvalue weighted by Gasteiger charge is 2.20. The number of Topliss-reactive ketones (excluding diaryl/α,β-unsaturated/α-hetero) is 1. The van der Waals surface area contributed by atoms with Crippen LogP contribution in [0.1, 0.15) is 27.4 Å². The Balaban J connectivity index is 1.95. The Kier molecular flexibility index (Phi) is 4.00. The van der Waals surface area contributed by atoms with E-state index in [1.165, 1.54) is 4.90 Å². The number of nitriles is 1. The van der Waals surface area contributed by atoms with Crippen molar-refractivity contribution in [1.82, 2.24) is 15.0 Å². The fourth-order valence-electron chi connectivity index (χ4n) is 2.84. The number of aryl methyl sites for hydroxylation is 3. The van der Waals surface area contributed by atoms with Crippen LogP contribution in [0.25, 0.3) is 10.9 Å². The van der Waals surface area contributed by atoms with Gasteiger partial charge in [0.1, 0.15) is 0 Å². The van der Waals surface area contributed by atoms with Crippen molar-refractivity contribution in [2.24, 2.45) is 0 Å². The first-order valence-electron chi connectivity index (χ1n) is 7.59. The smallest absolute Gasteiger partial charge is 0.239 e. The molecule has 0 aliphatic heterocycles. The molecule has 0 aliphatic rings. The molecular weight excluding hydrogens is 302 g/mol. The molecular formula is C18H17N5O. The maximum absolute atomic E-state index is 12.8. The second kappa shape index (κ2) is 6.13. The summed E-state index contributed by atoms with van der Waals surface area (Å²) in [5.74, 6) is 0.107. The fourth-order valence-corrected chi connectivity index (χ4v) is 2.84. The van der Waals surface area contributed by atoms with Crippen LogP contribution < -0.4 is 4.90 Å². The molecule has 6 heteroatoms. The van der Waals surface area contributed by atoms with E-state index in [9.17, 15) is 10.1 Å². The highest BCUT2D eigenvalue weighted by molar-refractivity contribution is 6.11. The Morgan fingerprint density at radius 2 is 1.88 bits per heavy atom. The zero-order valence-corrected chi connectivity index (χ0v) is 13.8. The molecule has 0 spiro atoms. The summed E-state index contributed by atoms with van der Waals surface area (Å²) < 4.78 is 0. The van der Waals surface area contributed by atoms with Crippen LogP contribution in [0.15, 0.2) is 30.3 Å². The third-order valence-corrected chi connectivity index (χ3v) is 3.81. The number of para-hydroxylation sites is 1. The highest BCUT2D eigenvalue weighted by Crippen LogP contribution is 2.23. The van der Waals surface area contributed by atoms with Gasteiger partial charge >= 0.3 is 0 Å². The normalized spacial score (nSPS) is 10.6. The minimum absolute atomic E-state index is 0.0952. The standard InChI is InChI=1S/C18H17N5O/c1-11-8-12(2)21-18(20-11)23(10-19)9-16(24)17-13(3)22-15-7-5-4-6-14(15)17/h4-8,22H,9H2,1-3H3. The molecule has 24 heavy (non-hydrogen) atoms. The first-order valence-corrected chi connectivity index (χ1v) is 7.59. The summed E-state index contributed by atoms with van der Waals surface area (Å²) in [6, 6.07) is 9.45. The van der Waals surface area contributed by atoms with Crippen LogP contribution in [-0.4, -0.2) is 27.3 Å². The van der Waals surface area contributed by atoms with Gasteiger partial charge in [0.25, 0.3) is 0 Å². The van der Waals surface area contributed by atoms with E-state index in [0.29, 0.717) is 5.56 Å². The third-order valence-electron chi connectivity index (χ3n) is 3.81. The van der Waals surface area contributed by atoms with Crippen LogP contribution in [0, 0.1) is 32.2 Å². The van der Waals surface area contributed by atoms with E-state index in [1.54, 1.807) is 0 Å². The van der Waals surface area contributed by atoms with Crippen LogP contribution in [0.4, 0.5) is 5.95 Å². The number of nitrogens with one attached hydrogen (secondary N) is 1. The Bertz CT molecular complexity index is 947. The first-order chi connectivity index (χ1) is 11.5. The number of hydrogen-bond donors (Lipinski definition) is 1. The first kappa shape index (κ1) is 15.7. The monoisotopic (exact) mass is 319 g/mol. The van der Waals surface area contributed by atoms with Gasteiger partial charge in [-0.25, -0.2) is 14.9 Å². The summed E-state index contributed by atoms with van der Waals surface area (Å²) >= 11 is 0. The van der Waals surface area contributed by atoms with Crippen LogP contribution >= 0.6 is 0 Å². The highest BCUT2D eigenvalue weighted by atomic mass is 16.1. The van der Waals surface area contributed by atoms with Gasteiger partial charge < -0.3 is 4.98 Å². The van der Waals surface area contributed by atoms with Crippen molar-refractivity contribution in [3.63, 3.8) is 0 Å². The van der Waals surface area contributed by atoms with Crippen molar-refractivity contribution in [3.05, 3.63) is 53.0 Å². The van der Waals surface area contributed by atoms with E-state index in [4.69, 9.17) is 0 Å². The lowest BCUT2D eigenvalue weighted by Gasteiger charge is -2.14. The lowest BCUT2D eigenvalue weighted by Crippen LogP contribution is -2.27. The minimum Gasteiger partial charge on any atom is -0.358 e. The number of hydrogen-bond acceptors (Lipinski definition) is 5. The zero-order chi connectivity index (χ0) is 17.3. The Labute approximate surface area is 139 Å². The lowest BCUT2D eigenvalue weighted by atomic mass is 10.1. The number of nitrogens with zero attached hydrogens (tertiary/aromatic N) is 4. The summed E-state index contributed by atoms with van der Waals surface area (Å²) in [5, 5.41) is 10.3. The van der Waals surface area contributed by atoms with E-state index in [2.05, 4.69) is 15.0 Å². The van der Waals surface area contributed by atoms with E-state index in [-0.39, 0.29) is 18.3 Å². The second-order valence-corrected chi connectivity index (χ2v) is 5.73. The number of rotatable bonds is 4. The summed E-state index contributed by atoms with van der Waals surface area (Å²) in [6.45, 7) is 5.43. The second-order valence-electron chi connectivity index (χ2n) is 5.73. The van der Waals surface area contributed by atoms with Gasteiger partial charge in [-0.3, -0.25) is 4.79 Å². The molecule has 0 unspecified atom stereocenters. The quantitative estimate of drug-likeness (QED) is 0.454. The molecule has 2 aromatic heterocycles. The number of benzene rings is 1. The Hall–Kier alpha value is -3.20. The minimum atomic E-state index is -0.144. The molecule has 3 rings (SSSR count). The molecule has 0 saturated heterocycles. The van der Waals surface area contributed by atoms with Gasteiger partial charge in [0.15, 0.2) is 12.0 Å². The number of anilines is 1. The number of ketones is 1. The van der Waals surface area contributed by atoms with Crippen LogP contribution in [0.2, 0.25) is 0 Å². The number of H-pyrrole nitrogens is 1. The van der Waals surface area contributed by atoms with Crippen LogP contribution in [-0.2, 0) is 0 Å². The third kappa shape index (κ3) is 2.84. The summed E-state index contributed by atoms with van der Waals surface area (Å²) in [5.41, 5.74) is 3.82. The summed E-state index contributed by atoms with van der Waals surface area (Å²) in [7, 11) is 0. The molecule has 3 aromatic rings. The topological polar surface area (TPSA) is 85.7 Å². The van der Waals surface area contributed by atoms with Crippen molar-refractivity contribution in [1.29, 1.82) is 5.26 Å². The van der Waals surface area contributed by atoms with Gasteiger partial charge in [0, 0.05) is 33.5 Å². The lowest BCUT2D eigenvalue weighted by molar-refractivity contribution is 0.100. The van der Waals surface area contributed by atoms with E-state index < -0.39 is 0 Å². The molecule has 1 aromatic carbocycles. The maximum atomic E-state index is 12.8. The zero-order valence-electron chi connectivity index (χ0n) is 13.8. The number of aromatic amines is 1. The molecule has 0 aliphatic carbocycles. The van der Waals surface area contributed by atoms with Crippen LogP contribution in [0.5, 0.6) is 0 Å². The summed E-state index contributed by atoms with van der Waals surface area (Å²) in [6.07, 6.45) is 2.01. The fraction of sp³-hybridized carbons (Fsp3) is 0.222. The van der Waals surface area contributed by atoms with E-state index in [0.717, 1.165) is 28.0 Å². The van der Waals surface area contributed by atoms with Crippen molar-refractivity contribution >= 4 is 22.6 Å². The Morgan fingerprint density at radius 3 is 2.54 bits per heavy atom. The van der Waals surface area contributed by atoms with Crippen molar-refractivity contribution in [2.45, 2.75) is 20.8 Å². The number of aromatic nitrogens is 3. The molecule has 0 bridgehead atoms. The van der Waals surface area contributed by atoms with Gasteiger partial charge in [-0.15, -0.1) is 0 Å². The van der Waals surface area contributed by atoms with Gasteiger partial charge in [0.2, 0.25) is 5.95 Å². The molecule has 120 valence electrons. The SMILES string of the molecule is Cc1cc(C)nc(N(C#N)CC(=O)c2c(C)[nH]c3ccccc23)n1. The van der Waals surface area contributed by atoms with E-state index in [1.807, 2.05) is 57.3 Å². The average Bonchev–Trinajstić information content (AvgIpc) is 2.87. The Morgan fingerprint density at radius 1 is 1.21 bits per heavy atom. The average molecular weight is 319 g/mol. The molecule has 0 fully saturated rings. The number of carbonyl (C=O) groups excluding carboxylic acids is 1. The van der Waals surface area contributed by atoms with Gasteiger partial charge in [-0.2, -0.15) is 5.26 Å². The molecule has 0 saturated carbocycles. The predicted octanol–water partition coefficient (Wildman–Crippen LogP) is 3.05. The molecule has 6 nitrogen and oxygen atoms in total. The molecule has 0 amide bonds. The molecule has 1 N–H and O–H groups in total. The van der Waals surface area contributed by atoms with Crippen molar-refractivity contribution < 1.29 is 4.79 Å². The predicted molar refractivity (Wildman–Crippen MR) is 91.8 cm³/mol. The summed E-state index contributed by atoms with van der Waals surface area (Å²) in [4.78, 5) is 25.7. The molecule has 0 atom stereocenters. The van der Waals surface area contributed by atoms with Crippen LogP contribution in [0.3, 0.4) is 0 Å². The van der Waals surface area contributed by atoms with Crippen molar-refractivity contribution in [3.8, 4) is 6.19 Å². The molecule has 2 heterocycles. The number of fused-ring (bicyclic) bond motifs is 1. The number of carbonyl (C=O) groups is 1. The van der Waals surface area contributed by atoms with E-state index >= 15 is 0 Å². The van der Waals surface area contributed by atoms with Gasteiger partial charge in [-0.05, 0) is 32.9 Å². The molecule has 0 radical (unpaired) electrons.